The summed E-state index contributed by atoms with van der Waals surface area (Å²) in [5.74, 6) is -0.612. The largest absolute Gasteiger partial charge is 0.421 e. The van der Waals surface area contributed by atoms with Crippen molar-refractivity contribution in [3.05, 3.63) is 58.1 Å². The first-order chi connectivity index (χ1) is 12.1. The predicted molar refractivity (Wildman–Crippen MR) is 89.0 cm³/mol. The number of benzene rings is 1. The maximum atomic E-state index is 13.1. The third-order valence-electron chi connectivity index (χ3n) is 3.46. The molecule has 1 amide bonds. The smallest absolute Gasteiger partial charge is 0.248 e. The van der Waals surface area contributed by atoms with Crippen LogP contribution in [0, 0.1) is 11.6 Å². The van der Waals surface area contributed by atoms with Crippen molar-refractivity contribution in [1.82, 2.24) is 15.5 Å². The average Bonchev–Trinajstić information content (AvgIpc) is 3.23. The fourth-order valence-electron chi connectivity index (χ4n) is 2.27. The molecule has 3 aromatic rings. The second kappa shape index (κ2) is 7.98. The van der Waals surface area contributed by atoms with Crippen molar-refractivity contribution in [2.45, 2.75) is 19.3 Å². The number of thiophene rings is 1. The van der Waals surface area contributed by atoms with E-state index in [2.05, 4.69) is 15.5 Å². The number of carbonyl (C=O) groups excluding carboxylic acids is 1. The number of rotatable bonds is 7. The van der Waals surface area contributed by atoms with Crippen LogP contribution < -0.4 is 5.32 Å². The van der Waals surface area contributed by atoms with Gasteiger partial charge in [-0.25, -0.2) is 8.78 Å². The van der Waals surface area contributed by atoms with Crippen molar-refractivity contribution in [2.24, 2.45) is 0 Å². The van der Waals surface area contributed by atoms with E-state index < -0.39 is 11.6 Å². The molecular formula is C17H15F2N3O2S. The van der Waals surface area contributed by atoms with Gasteiger partial charge in [0, 0.05) is 36.4 Å². The maximum Gasteiger partial charge on any atom is 0.248 e. The molecular weight excluding hydrogens is 348 g/mol. The van der Waals surface area contributed by atoms with E-state index in [0.29, 0.717) is 36.7 Å². The predicted octanol–water partition coefficient (Wildman–Crippen LogP) is 3.37. The van der Waals surface area contributed by atoms with Gasteiger partial charge in [0.25, 0.3) is 0 Å². The van der Waals surface area contributed by atoms with Crippen LogP contribution in [0.15, 0.2) is 39.4 Å². The van der Waals surface area contributed by atoms with Crippen LogP contribution >= 0.6 is 11.3 Å². The summed E-state index contributed by atoms with van der Waals surface area (Å²) in [4.78, 5) is 11.8. The lowest BCUT2D eigenvalue weighted by molar-refractivity contribution is -0.121. The summed E-state index contributed by atoms with van der Waals surface area (Å²) in [5.41, 5.74) is 1.35. The van der Waals surface area contributed by atoms with Gasteiger partial charge in [-0.1, -0.05) is 0 Å². The van der Waals surface area contributed by atoms with Gasteiger partial charge in [-0.05, 0) is 35.6 Å². The highest BCUT2D eigenvalue weighted by atomic mass is 32.1. The normalized spacial score (nSPS) is 10.8. The van der Waals surface area contributed by atoms with Gasteiger partial charge < -0.3 is 9.73 Å². The Bertz CT molecular complexity index is 829. The zero-order chi connectivity index (χ0) is 17.6. The molecule has 0 saturated carbocycles. The van der Waals surface area contributed by atoms with Crippen molar-refractivity contribution < 1.29 is 18.0 Å². The van der Waals surface area contributed by atoms with E-state index in [4.69, 9.17) is 4.42 Å². The molecule has 0 fully saturated rings. The van der Waals surface area contributed by atoms with Crippen LogP contribution in [-0.2, 0) is 17.6 Å². The van der Waals surface area contributed by atoms with Gasteiger partial charge in [0.2, 0.25) is 17.7 Å². The Morgan fingerprint density at radius 2 is 1.96 bits per heavy atom. The molecule has 0 aliphatic rings. The summed E-state index contributed by atoms with van der Waals surface area (Å²) in [5, 5.41) is 14.4. The van der Waals surface area contributed by atoms with Crippen molar-refractivity contribution >= 4 is 17.2 Å². The van der Waals surface area contributed by atoms with Crippen molar-refractivity contribution in [3.8, 4) is 11.5 Å². The Kier molecular flexibility index (Phi) is 5.49. The molecule has 0 aliphatic heterocycles. The second-order valence-corrected chi connectivity index (χ2v) is 6.17. The fourth-order valence-corrected chi connectivity index (χ4v) is 2.90. The van der Waals surface area contributed by atoms with Crippen LogP contribution in [-0.4, -0.2) is 22.6 Å². The first-order valence-electron chi connectivity index (χ1n) is 7.67. The number of hydrogen-bond donors (Lipinski definition) is 1. The summed E-state index contributed by atoms with van der Waals surface area (Å²) < 4.78 is 31.7. The van der Waals surface area contributed by atoms with E-state index in [1.807, 2.05) is 16.8 Å². The molecule has 2 heterocycles. The molecule has 0 atom stereocenters. The summed E-state index contributed by atoms with van der Waals surface area (Å²) in [6.45, 7) is 0.297. The number of hydrogen-bond acceptors (Lipinski definition) is 5. The van der Waals surface area contributed by atoms with Crippen LogP contribution in [0.2, 0.25) is 0 Å². The van der Waals surface area contributed by atoms with Crippen molar-refractivity contribution in [3.63, 3.8) is 0 Å². The lowest BCUT2D eigenvalue weighted by Gasteiger charge is -2.05. The lowest BCUT2D eigenvalue weighted by atomic mass is 10.1. The van der Waals surface area contributed by atoms with Gasteiger partial charge in [-0.3, -0.25) is 4.79 Å². The molecule has 3 rings (SSSR count). The van der Waals surface area contributed by atoms with Crippen LogP contribution in [0.25, 0.3) is 11.5 Å². The Hall–Kier alpha value is -2.61. The minimum atomic E-state index is -0.626. The SMILES string of the molecule is O=C(CCc1nnc(-c2ccsc2)o1)NCCc1cc(F)cc(F)c1. The Labute approximate surface area is 146 Å². The van der Waals surface area contributed by atoms with E-state index in [-0.39, 0.29) is 12.3 Å². The summed E-state index contributed by atoms with van der Waals surface area (Å²) in [6.07, 6.45) is 0.879. The van der Waals surface area contributed by atoms with E-state index in [1.165, 1.54) is 23.5 Å². The number of halogens is 2. The van der Waals surface area contributed by atoms with Gasteiger partial charge >= 0.3 is 0 Å². The lowest BCUT2D eigenvalue weighted by Crippen LogP contribution is -2.26. The molecule has 0 aliphatic carbocycles. The zero-order valence-electron chi connectivity index (χ0n) is 13.2. The molecule has 0 radical (unpaired) electrons. The maximum absolute atomic E-state index is 13.1. The number of carbonyl (C=O) groups is 1. The fraction of sp³-hybridized carbons (Fsp3) is 0.235. The Morgan fingerprint density at radius 1 is 1.16 bits per heavy atom. The molecule has 1 aromatic carbocycles. The highest BCUT2D eigenvalue weighted by molar-refractivity contribution is 7.08. The molecule has 0 unspecified atom stereocenters. The van der Waals surface area contributed by atoms with Gasteiger partial charge in [0.1, 0.15) is 11.6 Å². The van der Waals surface area contributed by atoms with Crippen LogP contribution in [0.3, 0.4) is 0 Å². The second-order valence-electron chi connectivity index (χ2n) is 5.39. The summed E-state index contributed by atoms with van der Waals surface area (Å²) in [7, 11) is 0. The van der Waals surface area contributed by atoms with Crippen LogP contribution in [0.4, 0.5) is 8.78 Å². The van der Waals surface area contributed by atoms with E-state index >= 15 is 0 Å². The topological polar surface area (TPSA) is 68.0 Å². The minimum Gasteiger partial charge on any atom is -0.421 e. The summed E-state index contributed by atoms with van der Waals surface area (Å²) >= 11 is 1.53. The molecule has 0 spiro atoms. The molecule has 25 heavy (non-hydrogen) atoms. The average molecular weight is 363 g/mol. The number of aryl methyl sites for hydroxylation is 1. The van der Waals surface area contributed by atoms with E-state index in [0.717, 1.165) is 11.6 Å². The van der Waals surface area contributed by atoms with Crippen molar-refractivity contribution in [1.29, 1.82) is 0 Å². The molecule has 1 N–H and O–H groups in total. The van der Waals surface area contributed by atoms with Gasteiger partial charge in [-0.2, -0.15) is 11.3 Å². The zero-order valence-corrected chi connectivity index (χ0v) is 14.0. The van der Waals surface area contributed by atoms with E-state index in [1.54, 1.807) is 0 Å². The van der Waals surface area contributed by atoms with Gasteiger partial charge in [0.05, 0.1) is 0 Å². The molecule has 0 saturated heterocycles. The molecule has 8 heteroatoms. The Morgan fingerprint density at radius 3 is 2.68 bits per heavy atom. The van der Waals surface area contributed by atoms with Crippen LogP contribution in [0.5, 0.6) is 0 Å². The van der Waals surface area contributed by atoms with Gasteiger partial charge in [0.15, 0.2) is 0 Å². The number of aromatic nitrogens is 2. The first-order valence-corrected chi connectivity index (χ1v) is 8.61. The third kappa shape index (κ3) is 4.93. The standard InChI is InChI=1S/C17H15F2N3O2S/c18-13-7-11(8-14(19)9-13)3-5-20-15(23)1-2-16-21-22-17(24-16)12-4-6-25-10-12/h4,6-10H,1-3,5H2,(H,20,23). The third-order valence-corrected chi connectivity index (χ3v) is 4.14. The molecule has 0 bridgehead atoms. The van der Waals surface area contributed by atoms with Gasteiger partial charge in [-0.15, -0.1) is 10.2 Å². The highest BCUT2D eigenvalue weighted by Gasteiger charge is 2.11. The monoisotopic (exact) mass is 363 g/mol. The quantitative estimate of drug-likeness (QED) is 0.699. The first kappa shape index (κ1) is 17.2. The number of nitrogens with one attached hydrogen (secondary N) is 1. The number of nitrogens with zero attached hydrogens (tertiary/aromatic N) is 2. The number of amides is 1. The highest BCUT2D eigenvalue weighted by Crippen LogP contribution is 2.20. The van der Waals surface area contributed by atoms with Crippen molar-refractivity contribution in [2.75, 3.05) is 6.54 Å². The molecule has 2 aromatic heterocycles. The summed E-state index contributed by atoms with van der Waals surface area (Å²) in [6, 6.07) is 5.19. The molecule has 130 valence electrons. The Balaban J connectivity index is 1.42. The molecule has 5 nitrogen and oxygen atoms in total. The van der Waals surface area contributed by atoms with E-state index in [9.17, 15) is 13.6 Å². The van der Waals surface area contributed by atoms with Crippen LogP contribution in [0.1, 0.15) is 17.9 Å². The minimum absolute atomic E-state index is 0.188.